The van der Waals surface area contributed by atoms with Gasteiger partial charge in [0.1, 0.15) is 0 Å². The van der Waals surface area contributed by atoms with Gasteiger partial charge in [-0.15, -0.1) is 0 Å². The SMILES string of the molecule is CC(C(=O)N(C)CC1CCCCC1)C1CNC1. The molecule has 1 heterocycles. The summed E-state index contributed by atoms with van der Waals surface area (Å²) in [6.45, 7) is 5.10. The molecule has 17 heavy (non-hydrogen) atoms. The second kappa shape index (κ2) is 5.85. The molecule has 1 atom stereocenters. The maximum atomic E-state index is 12.2. The topological polar surface area (TPSA) is 32.3 Å². The van der Waals surface area contributed by atoms with Gasteiger partial charge < -0.3 is 10.2 Å². The predicted octanol–water partition coefficient (Wildman–Crippen LogP) is 1.88. The Morgan fingerprint density at radius 1 is 1.29 bits per heavy atom. The number of carbonyl (C=O) groups is 1. The molecule has 1 saturated carbocycles. The highest BCUT2D eigenvalue weighted by molar-refractivity contribution is 5.78. The van der Waals surface area contributed by atoms with Crippen LogP contribution in [0.2, 0.25) is 0 Å². The van der Waals surface area contributed by atoms with E-state index in [1.807, 2.05) is 11.9 Å². The van der Waals surface area contributed by atoms with Gasteiger partial charge in [-0.1, -0.05) is 26.2 Å². The normalized spacial score (nSPS) is 24.1. The van der Waals surface area contributed by atoms with Crippen LogP contribution in [0.15, 0.2) is 0 Å². The van der Waals surface area contributed by atoms with Crippen LogP contribution >= 0.6 is 0 Å². The highest BCUT2D eigenvalue weighted by Crippen LogP contribution is 2.25. The third-order valence-electron chi connectivity index (χ3n) is 4.54. The van der Waals surface area contributed by atoms with Gasteiger partial charge in [0.05, 0.1) is 0 Å². The molecule has 98 valence electrons. The molecule has 0 bridgehead atoms. The Hall–Kier alpha value is -0.570. The van der Waals surface area contributed by atoms with Crippen LogP contribution in [0.1, 0.15) is 39.0 Å². The molecule has 3 heteroatoms. The van der Waals surface area contributed by atoms with E-state index in [2.05, 4.69) is 12.2 Å². The Morgan fingerprint density at radius 3 is 2.47 bits per heavy atom. The second-order valence-corrected chi connectivity index (χ2v) is 5.93. The zero-order valence-corrected chi connectivity index (χ0v) is 11.2. The van der Waals surface area contributed by atoms with E-state index in [1.165, 1.54) is 32.1 Å². The molecule has 0 spiro atoms. The van der Waals surface area contributed by atoms with Crippen LogP contribution in [0.25, 0.3) is 0 Å². The fourth-order valence-corrected chi connectivity index (χ4v) is 3.06. The van der Waals surface area contributed by atoms with Crippen LogP contribution in [0.5, 0.6) is 0 Å². The van der Waals surface area contributed by atoms with Crippen LogP contribution in [-0.4, -0.2) is 37.5 Å². The molecule has 1 saturated heterocycles. The summed E-state index contributed by atoms with van der Waals surface area (Å²) < 4.78 is 0. The van der Waals surface area contributed by atoms with E-state index in [0.717, 1.165) is 25.6 Å². The third kappa shape index (κ3) is 3.21. The molecule has 0 aromatic heterocycles. The van der Waals surface area contributed by atoms with Crippen molar-refractivity contribution in [2.24, 2.45) is 17.8 Å². The van der Waals surface area contributed by atoms with Crippen molar-refractivity contribution in [2.45, 2.75) is 39.0 Å². The summed E-state index contributed by atoms with van der Waals surface area (Å²) in [7, 11) is 1.99. The maximum Gasteiger partial charge on any atom is 0.225 e. The lowest BCUT2D eigenvalue weighted by molar-refractivity contribution is -0.136. The first-order valence-corrected chi connectivity index (χ1v) is 7.14. The number of hydrogen-bond donors (Lipinski definition) is 1. The fourth-order valence-electron chi connectivity index (χ4n) is 3.06. The number of hydrogen-bond acceptors (Lipinski definition) is 2. The third-order valence-corrected chi connectivity index (χ3v) is 4.54. The van der Waals surface area contributed by atoms with Crippen molar-refractivity contribution >= 4 is 5.91 Å². The van der Waals surface area contributed by atoms with Gasteiger partial charge in [-0.05, 0) is 37.8 Å². The minimum absolute atomic E-state index is 0.199. The van der Waals surface area contributed by atoms with Crippen molar-refractivity contribution in [1.82, 2.24) is 10.2 Å². The Bertz CT molecular complexity index is 257. The molecule has 1 amide bonds. The fraction of sp³-hybridized carbons (Fsp3) is 0.929. The zero-order chi connectivity index (χ0) is 12.3. The molecule has 0 aromatic rings. The molecule has 0 aromatic carbocycles. The molecular weight excluding hydrogens is 212 g/mol. The Balaban J connectivity index is 1.77. The number of carbonyl (C=O) groups excluding carboxylic acids is 1. The van der Waals surface area contributed by atoms with Crippen molar-refractivity contribution in [3.05, 3.63) is 0 Å². The minimum Gasteiger partial charge on any atom is -0.345 e. The quantitative estimate of drug-likeness (QED) is 0.811. The molecule has 1 unspecified atom stereocenters. The van der Waals surface area contributed by atoms with Gasteiger partial charge in [-0.2, -0.15) is 0 Å². The van der Waals surface area contributed by atoms with Gasteiger partial charge >= 0.3 is 0 Å². The molecular formula is C14H26N2O. The molecule has 2 fully saturated rings. The van der Waals surface area contributed by atoms with Crippen LogP contribution in [0.3, 0.4) is 0 Å². The lowest BCUT2D eigenvalue weighted by Gasteiger charge is -2.35. The first-order chi connectivity index (χ1) is 8.18. The van der Waals surface area contributed by atoms with E-state index < -0.39 is 0 Å². The summed E-state index contributed by atoms with van der Waals surface area (Å²) in [6.07, 6.45) is 6.73. The number of rotatable bonds is 4. The van der Waals surface area contributed by atoms with Crippen LogP contribution < -0.4 is 5.32 Å². The van der Waals surface area contributed by atoms with Gasteiger partial charge in [0, 0.05) is 19.5 Å². The van der Waals surface area contributed by atoms with E-state index in [9.17, 15) is 4.79 Å². The standard InChI is InChI=1S/C14H26N2O/c1-11(13-8-15-9-13)14(17)16(2)10-12-6-4-3-5-7-12/h11-13,15H,3-10H2,1-2H3. The molecule has 1 N–H and O–H groups in total. The minimum atomic E-state index is 0.199. The first kappa shape index (κ1) is 12.9. The lowest BCUT2D eigenvalue weighted by Crippen LogP contribution is -2.50. The molecule has 2 rings (SSSR count). The van der Waals surface area contributed by atoms with E-state index in [4.69, 9.17) is 0 Å². The molecule has 0 radical (unpaired) electrons. The summed E-state index contributed by atoms with van der Waals surface area (Å²) in [5, 5.41) is 3.25. The highest BCUT2D eigenvalue weighted by atomic mass is 16.2. The van der Waals surface area contributed by atoms with E-state index >= 15 is 0 Å². The van der Waals surface area contributed by atoms with Crippen molar-refractivity contribution in [2.75, 3.05) is 26.7 Å². The average Bonchev–Trinajstić information content (AvgIpc) is 2.27. The molecule has 1 aliphatic heterocycles. The largest absolute Gasteiger partial charge is 0.345 e. The highest BCUT2D eigenvalue weighted by Gasteiger charge is 2.31. The number of nitrogens with zero attached hydrogens (tertiary/aromatic N) is 1. The second-order valence-electron chi connectivity index (χ2n) is 5.93. The van der Waals surface area contributed by atoms with Gasteiger partial charge in [-0.3, -0.25) is 4.79 Å². The monoisotopic (exact) mass is 238 g/mol. The summed E-state index contributed by atoms with van der Waals surface area (Å²) in [6, 6.07) is 0. The van der Waals surface area contributed by atoms with Gasteiger partial charge in [0.15, 0.2) is 0 Å². The van der Waals surface area contributed by atoms with E-state index in [1.54, 1.807) is 0 Å². The maximum absolute atomic E-state index is 12.2. The van der Waals surface area contributed by atoms with Crippen molar-refractivity contribution in [3.8, 4) is 0 Å². The van der Waals surface area contributed by atoms with Crippen LogP contribution in [-0.2, 0) is 4.79 Å². The first-order valence-electron chi connectivity index (χ1n) is 7.14. The van der Waals surface area contributed by atoms with E-state index in [0.29, 0.717) is 11.8 Å². The van der Waals surface area contributed by atoms with Gasteiger partial charge in [0.2, 0.25) is 5.91 Å². The van der Waals surface area contributed by atoms with Crippen LogP contribution in [0, 0.1) is 17.8 Å². The summed E-state index contributed by atoms with van der Waals surface area (Å²) in [4.78, 5) is 14.2. The van der Waals surface area contributed by atoms with Crippen molar-refractivity contribution in [1.29, 1.82) is 0 Å². The van der Waals surface area contributed by atoms with Crippen molar-refractivity contribution in [3.63, 3.8) is 0 Å². The zero-order valence-electron chi connectivity index (χ0n) is 11.2. The molecule has 3 nitrogen and oxygen atoms in total. The Kier molecular flexibility index (Phi) is 4.43. The summed E-state index contributed by atoms with van der Waals surface area (Å²) >= 11 is 0. The smallest absolute Gasteiger partial charge is 0.225 e. The Morgan fingerprint density at radius 2 is 1.94 bits per heavy atom. The number of amides is 1. The molecule has 2 aliphatic rings. The number of nitrogens with one attached hydrogen (secondary N) is 1. The molecule has 1 aliphatic carbocycles. The predicted molar refractivity (Wildman–Crippen MR) is 69.7 cm³/mol. The Labute approximate surface area is 105 Å². The van der Waals surface area contributed by atoms with Crippen molar-refractivity contribution < 1.29 is 4.79 Å². The average molecular weight is 238 g/mol. The summed E-state index contributed by atoms with van der Waals surface area (Å²) in [5.41, 5.74) is 0. The van der Waals surface area contributed by atoms with Gasteiger partial charge in [-0.25, -0.2) is 0 Å². The van der Waals surface area contributed by atoms with Gasteiger partial charge in [0.25, 0.3) is 0 Å². The summed E-state index contributed by atoms with van der Waals surface area (Å²) in [5.74, 6) is 1.87. The van der Waals surface area contributed by atoms with E-state index in [-0.39, 0.29) is 5.92 Å². The van der Waals surface area contributed by atoms with Crippen LogP contribution in [0.4, 0.5) is 0 Å². The lowest BCUT2D eigenvalue weighted by atomic mass is 9.86.